The third kappa shape index (κ3) is 6.84. The second-order valence-corrected chi connectivity index (χ2v) is 8.14. The van der Waals surface area contributed by atoms with Gasteiger partial charge in [0.1, 0.15) is 0 Å². The Kier molecular flexibility index (Phi) is 8.52. The number of likely N-dealkylation sites (tertiary alicyclic amines) is 1. The fraction of sp³-hybridized carbons (Fsp3) is 0.609. The van der Waals surface area contributed by atoms with E-state index in [1.807, 2.05) is 6.08 Å². The van der Waals surface area contributed by atoms with Crippen LogP contribution in [-0.2, 0) is 13.0 Å². The molecule has 6 heteroatoms. The fourth-order valence-corrected chi connectivity index (χ4v) is 4.22. The molecule has 0 saturated carbocycles. The lowest BCUT2D eigenvalue weighted by Crippen LogP contribution is -2.49. The maximum absolute atomic E-state index is 10.5. The van der Waals surface area contributed by atoms with E-state index in [0.717, 1.165) is 64.5 Å². The van der Waals surface area contributed by atoms with Crippen molar-refractivity contribution in [3.8, 4) is 0 Å². The molecule has 1 aromatic rings. The molecular weight excluding hydrogens is 362 g/mol. The number of rotatable bonds is 8. The topological polar surface area (TPSA) is 63.1 Å². The van der Waals surface area contributed by atoms with Crippen molar-refractivity contribution in [1.82, 2.24) is 20.4 Å². The first-order valence-corrected chi connectivity index (χ1v) is 11.0. The van der Waals surface area contributed by atoms with Gasteiger partial charge in [0.05, 0.1) is 12.6 Å². The second kappa shape index (κ2) is 11.3. The molecule has 3 N–H and O–H groups in total. The van der Waals surface area contributed by atoms with E-state index in [4.69, 9.17) is 0 Å². The number of nitrogens with zero attached hydrogens (tertiary/aromatic N) is 3. The second-order valence-electron chi connectivity index (χ2n) is 8.14. The van der Waals surface area contributed by atoms with Gasteiger partial charge in [-0.3, -0.25) is 14.8 Å². The van der Waals surface area contributed by atoms with Crippen LogP contribution in [0.3, 0.4) is 0 Å². The van der Waals surface area contributed by atoms with Crippen LogP contribution in [0.25, 0.3) is 0 Å². The largest absolute Gasteiger partial charge is 0.390 e. The highest BCUT2D eigenvalue weighted by molar-refractivity contribution is 5.80. The van der Waals surface area contributed by atoms with Crippen molar-refractivity contribution in [2.75, 3.05) is 45.8 Å². The summed E-state index contributed by atoms with van der Waals surface area (Å²) < 4.78 is 0. The molecule has 1 atom stereocenters. The van der Waals surface area contributed by atoms with Crippen LogP contribution in [0, 0.1) is 0 Å². The van der Waals surface area contributed by atoms with Crippen LogP contribution < -0.4 is 10.6 Å². The summed E-state index contributed by atoms with van der Waals surface area (Å²) in [5, 5.41) is 17.4. The third-order valence-electron chi connectivity index (χ3n) is 5.80. The number of nitrogens with one attached hydrogen (secondary N) is 2. The van der Waals surface area contributed by atoms with E-state index in [1.54, 1.807) is 0 Å². The minimum atomic E-state index is -0.454. The number of piperidine rings is 1. The maximum Gasteiger partial charge on any atom is 0.191 e. The van der Waals surface area contributed by atoms with Crippen LogP contribution in [0.2, 0.25) is 0 Å². The van der Waals surface area contributed by atoms with Gasteiger partial charge in [0, 0.05) is 51.9 Å². The summed E-state index contributed by atoms with van der Waals surface area (Å²) in [4.78, 5) is 9.42. The number of guanidine groups is 1. The smallest absolute Gasteiger partial charge is 0.191 e. The molecule has 2 heterocycles. The van der Waals surface area contributed by atoms with Gasteiger partial charge in [-0.2, -0.15) is 0 Å². The predicted molar refractivity (Wildman–Crippen MR) is 120 cm³/mol. The summed E-state index contributed by atoms with van der Waals surface area (Å²) in [5.41, 5.74) is 2.82. The molecule has 1 unspecified atom stereocenters. The number of benzene rings is 1. The Bertz CT molecular complexity index is 669. The average Bonchev–Trinajstić information content (AvgIpc) is 2.74. The molecule has 0 spiro atoms. The number of aliphatic hydroxyl groups excluding tert-OH is 1. The normalized spacial score (nSPS) is 20.1. The van der Waals surface area contributed by atoms with E-state index >= 15 is 0 Å². The molecule has 0 aromatic heterocycles. The lowest BCUT2D eigenvalue weighted by molar-refractivity contribution is 0.111. The van der Waals surface area contributed by atoms with Gasteiger partial charge in [-0.1, -0.05) is 30.3 Å². The molecule has 2 aliphatic rings. The van der Waals surface area contributed by atoms with Crippen molar-refractivity contribution in [3.63, 3.8) is 0 Å². The summed E-state index contributed by atoms with van der Waals surface area (Å²) in [6.07, 6.45) is 4.79. The summed E-state index contributed by atoms with van der Waals surface area (Å²) in [5.74, 6) is 0.817. The lowest BCUT2D eigenvalue weighted by Gasteiger charge is -2.32. The van der Waals surface area contributed by atoms with Crippen LogP contribution in [0.1, 0.15) is 30.9 Å². The highest BCUT2D eigenvalue weighted by atomic mass is 16.3. The van der Waals surface area contributed by atoms with E-state index in [1.165, 1.54) is 11.1 Å². The van der Waals surface area contributed by atoms with Crippen molar-refractivity contribution < 1.29 is 5.11 Å². The zero-order chi connectivity index (χ0) is 20.5. The average molecular weight is 400 g/mol. The first kappa shape index (κ1) is 21.8. The highest BCUT2D eigenvalue weighted by Gasteiger charge is 2.20. The number of fused-ring (bicyclic) bond motifs is 1. The Morgan fingerprint density at radius 3 is 2.72 bits per heavy atom. The van der Waals surface area contributed by atoms with E-state index < -0.39 is 6.10 Å². The number of hydrogen-bond acceptors (Lipinski definition) is 4. The van der Waals surface area contributed by atoms with Crippen molar-refractivity contribution in [2.24, 2.45) is 4.99 Å². The maximum atomic E-state index is 10.5. The lowest BCUT2D eigenvalue weighted by atomic mass is 10.00. The molecule has 0 amide bonds. The molecule has 1 saturated heterocycles. The van der Waals surface area contributed by atoms with Crippen molar-refractivity contribution in [1.29, 1.82) is 0 Å². The van der Waals surface area contributed by atoms with Crippen molar-refractivity contribution in [3.05, 3.63) is 48.0 Å². The fourth-order valence-electron chi connectivity index (χ4n) is 4.22. The molecular formula is C23H37N5O. The quantitative estimate of drug-likeness (QED) is 0.352. The van der Waals surface area contributed by atoms with Gasteiger partial charge in [-0.15, -0.1) is 6.58 Å². The Hall–Kier alpha value is -1.89. The van der Waals surface area contributed by atoms with Crippen LogP contribution >= 0.6 is 0 Å². The van der Waals surface area contributed by atoms with Crippen LogP contribution in [0.4, 0.5) is 0 Å². The summed E-state index contributed by atoms with van der Waals surface area (Å²) in [7, 11) is 0. The predicted octanol–water partition coefficient (Wildman–Crippen LogP) is 1.61. The van der Waals surface area contributed by atoms with Crippen molar-refractivity contribution in [2.45, 2.75) is 44.9 Å². The summed E-state index contributed by atoms with van der Waals surface area (Å²) in [6.45, 7) is 12.9. The van der Waals surface area contributed by atoms with Crippen LogP contribution in [-0.4, -0.2) is 78.8 Å². The molecule has 0 radical (unpaired) electrons. The molecule has 1 fully saturated rings. The number of aliphatic imine (C=N–C) groups is 1. The Balaban J connectivity index is 1.45. The van der Waals surface area contributed by atoms with Gasteiger partial charge in [0.2, 0.25) is 0 Å². The van der Waals surface area contributed by atoms with E-state index in [-0.39, 0.29) is 0 Å². The van der Waals surface area contributed by atoms with Gasteiger partial charge < -0.3 is 15.7 Å². The summed E-state index contributed by atoms with van der Waals surface area (Å²) in [6, 6.07) is 9.05. The van der Waals surface area contributed by atoms with Gasteiger partial charge in [-0.05, 0) is 37.3 Å². The standard InChI is InChI=1S/C23H37N5O/c1-3-12-27-14-10-21(11-15-27)26-23(24-4-2)25-16-22(29)18-28-13-9-19-7-5-6-8-20(19)17-28/h3,5-8,21-22,29H,1,4,9-18H2,2H3,(H2,24,25,26). The number of β-amino-alcohol motifs (C(OH)–C–C–N with tert-alkyl or cyclic N) is 1. The third-order valence-corrected chi connectivity index (χ3v) is 5.80. The van der Waals surface area contributed by atoms with E-state index in [0.29, 0.717) is 19.1 Å². The molecule has 29 heavy (non-hydrogen) atoms. The van der Waals surface area contributed by atoms with Gasteiger partial charge in [0.15, 0.2) is 5.96 Å². The molecule has 1 aromatic carbocycles. The Morgan fingerprint density at radius 2 is 2.00 bits per heavy atom. The summed E-state index contributed by atoms with van der Waals surface area (Å²) >= 11 is 0. The van der Waals surface area contributed by atoms with Gasteiger partial charge in [0.25, 0.3) is 0 Å². The number of hydrogen-bond donors (Lipinski definition) is 3. The van der Waals surface area contributed by atoms with Crippen LogP contribution in [0.5, 0.6) is 0 Å². The number of aliphatic hydroxyl groups is 1. The van der Waals surface area contributed by atoms with Crippen LogP contribution in [0.15, 0.2) is 41.9 Å². The highest BCUT2D eigenvalue weighted by Crippen LogP contribution is 2.18. The first-order valence-electron chi connectivity index (χ1n) is 11.0. The van der Waals surface area contributed by atoms with E-state index in [9.17, 15) is 5.11 Å². The molecule has 6 nitrogen and oxygen atoms in total. The molecule has 3 rings (SSSR count). The SMILES string of the molecule is C=CCN1CCC(NC(=NCC(O)CN2CCc3ccccc3C2)NCC)CC1. The first-order chi connectivity index (χ1) is 14.2. The Labute approximate surface area is 175 Å². The molecule has 2 aliphatic heterocycles. The molecule has 0 aliphatic carbocycles. The zero-order valence-corrected chi connectivity index (χ0v) is 17.8. The van der Waals surface area contributed by atoms with Gasteiger partial charge >= 0.3 is 0 Å². The van der Waals surface area contributed by atoms with Gasteiger partial charge in [-0.25, -0.2) is 0 Å². The minimum Gasteiger partial charge on any atom is -0.390 e. The Morgan fingerprint density at radius 1 is 1.24 bits per heavy atom. The monoisotopic (exact) mass is 399 g/mol. The minimum absolute atomic E-state index is 0.419. The van der Waals surface area contributed by atoms with E-state index in [2.05, 4.69) is 63.2 Å². The van der Waals surface area contributed by atoms with Crippen molar-refractivity contribution >= 4 is 5.96 Å². The molecule has 0 bridgehead atoms. The molecule has 160 valence electrons. The zero-order valence-electron chi connectivity index (χ0n) is 17.8.